The van der Waals surface area contributed by atoms with E-state index in [0.29, 0.717) is 0 Å². The number of aliphatic imine (C=N–C) groups is 1. The van der Waals surface area contributed by atoms with Gasteiger partial charge in [-0.3, -0.25) is 9.89 Å². The van der Waals surface area contributed by atoms with Gasteiger partial charge >= 0.3 is 0 Å². The van der Waals surface area contributed by atoms with Crippen molar-refractivity contribution in [3.63, 3.8) is 0 Å². The van der Waals surface area contributed by atoms with Gasteiger partial charge in [-0.25, -0.2) is 0 Å². The summed E-state index contributed by atoms with van der Waals surface area (Å²) < 4.78 is 0. The van der Waals surface area contributed by atoms with Gasteiger partial charge in [-0.2, -0.15) is 0 Å². The van der Waals surface area contributed by atoms with E-state index in [2.05, 4.69) is 27.0 Å². The van der Waals surface area contributed by atoms with Gasteiger partial charge in [0, 0.05) is 29.4 Å². The van der Waals surface area contributed by atoms with E-state index in [0.717, 1.165) is 33.3 Å². The van der Waals surface area contributed by atoms with Crippen LogP contribution in [0.2, 0.25) is 0 Å². The van der Waals surface area contributed by atoms with Crippen LogP contribution in [0.5, 0.6) is 0 Å². The van der Waals surface area contributed by atoms with Gasteiger partial charge in [0.1, 0.15) is 4.99 Å². The molecule has 4 heteroatoms. The first-order valence-electron chi connectivity index (χ1n) is 7.04. The van der Waals surface area contributed by atoms with Gasteiger partial charge in [-0.15, -0.1) is 0 Å². The fourth-order valence-corrected chi connectivity index (χ4v) is 2.97. The molecular weight excluding hydrogens is 290 g/mol. The zero-order valence-corrected chi connectivity index (χ0v) is 12.5. The summed E-state index contributed by atoms with van der Waals surface area (Å²) in [7, 11) is 0. The molecule has 106 valence electrons. The average molecular weight is 303 g/mol. The Morgan fingerprint density at radius 2 is 1.86 bits per heavy atom. The molecule has 1 N–H and O–H groups in total. The first kappa shape index (κ1) is 13.0. The average Bonchev–Trinajstić information content (AvgIpc) is 3.27. The molecule has 0 spiro atoms. The first-order valence-corrected chi connectivity index (χ1v) is 7.45. The number of aromatic nitrogens is 1. The molecule has 3 nitrogen and oxygen atoms in total. The molecule has 3 heterocycles. The number of allylic oxidation sites excluding steroid dienone is 3. The summed E-state index contributed by atoms with van der Waals surface area (Å²) >= 11 is 5.50. The van der Waals surface area contributed by atoms with Crippen LogP contribution in [0.1, 0.15) is 5.69 Å². The Balaban J connectivity index is 1.83. The van der Waals surface area contributed by atoms with Crippen molar-refractivity contribution < 1.29 is 0 Å². The van der Waals surface area contributed by atoms with Gasteiger partial charge in [-0.05, 0) is 42.5 Å². The number of nitrogens with zero attached hydrogens (tertiary/aromatic N) is 2. The van der Waals surface area contributed by atoms with Gasteiger partial charge in [0.15, 0.2) is 0 Å². The standard InChI is InChI=1S/C18H13N3S/c22-17-9-8-16(21(17)13-5-2-1-3-6-13)18-14(10-12-20-18)15-7-4-11-19-15/h1-12,19H. The van der Waals surface area contributed by atoms with Crippen molar-refractivity contribution in [3.8, 4) is 0 Å². The monoisotopic (exact) mass is 303 g/mol. The molecular formula is C18H13N3S. The van der Waals surface area contributed by atoms with E-state index >= 15 is 0 Å². The topological polar surface area (TPSA) is 31.4 Å². The first-order chi connectivity index (χ1) is 10.8. The van der Waals surface area contributed by atoms with Crippen LogP contribution < -0.4 is 4.90 Å². The second kappa shape index (κ2) is 5.24. The number of rotatable bonds is 2. The lowest BCUT2D eigenvalue weighted by molar-refractivity contribution is 1.24. The maximum atomic E-state index is 5.50. The maximum Gasteiger partial charge on any atom is 0.111 e. The van der Waals surface area contributed by atoms with E-state index < -0.39 is 0 Å². The molecule has 2 aliphatic rings. The van der Waals surface area contributed by atoms with Crippen LogP contribution in [0.4, 0.5) is 5.69 Å². The minimum Gasteiger partial charge on any atom is -0.361 e. The number of aromatic amines is 1. The number of para-hydroxylation sites is 1. The van der Waals surface area contributed by atoms with Crippen LogP contribution in [0.3, 0.4) is 0 Å². The van der Waals surface area contributed by atoms with E-state index in [1.54, 1.807) is 0 Å². The fraction of sp³-hybridized carbons (Fsp3) is 0. The molecule has 0 atom stereocenters. The lowest BCUT2D eigenvalue weighted by Crippen LogP contribution is -2.22. The van der Waals surface area contributed by atoms with Gasteiger partial charge in [0.05, 0.1) is 11.4 Å². The van der Waals surface area contributed by atoms with Crippen molar-refractivity contribution in [2.75, 3.05) is 4.90 Å². The van der Waals surface area contributed by atoms with Gasteiger partial charge in [0.25, 0.3) is 0 Å². The molecule has 0 amide bonds. The Kier molecular flexibility index (Phi) is 3.09. The molecule has 0 bridgehead atoms. The molecule has 0 saturated carbocycles. The normalized spacial score (nSPS) is 20.1. The third-order valence-electron chi connectivity index (χ3n) is 3.69. The van der Waals surface area contributed by atoms with Gasteiger partial charge in [-0.1, -0.05) is 30.4 Å². The van der Waals surface area contributed by atoms with Crippen molar-refractivity contribution in [2.24, 2.45) is 4.99 Å². The molecule has 0 aliphatic carbocycles. The van der Waals surface area contributed by atoms with Crippen LogP contribution in [0.15, 0.2) is 83.3 Å². The minimum absolute atomic E-state index is 0.779. The Hall–Kier alpha value is -2.72. The number of H-pyrrole nitrogens is 1. The maximum absolute atomic E-state index is 5.50. The van der Waals surface area contributed by atoms with Crippen molar-refractivity contribution in [3.05, 3.63) is 84.0 Å². The second-order valence-electron chi connectivity index (χ2n) is 5.02. The quantitative estimate of drug-likeness (QED) is 0.847. The Morgan fingerprint density at radius 3 is 2.64 bits per heavy atom. The summed E-state index contributed by atoms with van der Waals surface area (Å²) in [6.07, 6.45) is 9.75. The third kappa shape index (κ3) is 2.05. The lowest BCUT2D eigenvalue weighted by atomic mass is 10.1. The molecule has 0 radical (unpaired) electrons. The van der Waals surface area contributed by atoms with Crippen molar-refractivity contribution in [1.82, 2.24) is 4.98 Å². The highest BCUT2D eigenvalue weighted by Crippen LogP contribution is 2.35. The van der Waals surface area contributed by atoms with Crippen LogP contribution in [-0.2, 0) is 0 Å². The van der Waals surface area contributed by atoms with Crippen molar-refractivity contribution in [1.29, 1.82) is 0 Å². The van der Waals surface area contributed by atoms with Crippen molar-refractivity contribution >= 4 is 34.7 Å². The lowest BCUT2D eigenvalue weighted by Gasteiger charge is -2.22. The molecule has 0 fully saturated rings. The van der Waals surface area contributed by atoms with E-state index in [9.17, 15) is 0 Å². The predicted octanol–water partition coefficient (Wildman–Crippen LogP) is 4.10. The number of anilines is 1. The molecule has 4 rings (SSSR count). The summed E-state index contributed by atoms with van der Waals surface area (Å²) in [5, 5.41) is 0. The van der Waals surface area contributed by atoms with E-state index in [-0.39, 0.29) is 0 Å². The summed E-state index contributed by atoms with van der Waals surface area (Å²) in [6.45, 7) is 0. The number of thiocarbonyl (C=S) groups is 1. The number of benzene rings is 1. The highest BCUT2D eigenvalue weighted by molar-refractivity contribution is 7.81. The Bertz CT molecular complexity index is 840. The number of hydrogen-bond donors (Lipinski definition) is 1. The molecule has 2 aliphatic heterocycles. The van der Waals surface area contributed by atoms with Gasteiger partial charge in [0.2, 0.25) is 0 Å². The molecule has 0 saturated heterocycles. The second-order valence-corrected chi connectivity index (χ2v) is 5.44. The zero-order chi connectivity index (χ0) is 14.9. The number of hydrogen-bond acceptors (Lipinski definition) is 2. The molecule has 1 aromatic carbocycles. The van der Waals surface area contributed by atoms with Crippen LogP contribution >= 0.6 is 12.2 Å². The highest BCUT2D eigenvalue weighted by Gasteiger charge is 2.25. The highest BCUT2D eigenvalue weighted by atomic mass is 32.1. The largest absolute Gasteiger partial charge is 0.361 e. The SMILES string of the molecule is S=C1C=CC(=C2N=CC=C2c2ccc[nH]2)N1c1ccccc1. The number of nitrogens with one attached hydrogen (secondary N) is 1. The summed E-state index contributed by atoms with van der Waals surface area (Å²) in [4.78, 5) is 10.6. The van der Waals surface area contributed by atoms with E-state index in [1.807, 2.05) is 61.0 Å². The predicted molar refractivity (Wildman–Crippen MR) is 94.9 cm³/mol. The molecule has 1 aromatic heterocycles. The third-order valence-corrected chi connectivity index (χ3v) is 4.01. The smallest absolute Gasteiger partial charge is 0.111 e. The summed E-state index contributed by atoms with van der Waals surface area (Å²) in [5.74, 6) is 0. The van der Waals surface area contributed by atoms with Crippen LogP contribution in [-0.4, -0.2) is 16.2 Å². The zero-order valence-electron chi connectivity index (χ0n) is 11.7. The Labute approximate surface area is 134 Å². The molecule has 2 aromatic rings. The van der Waals surface area contributed by atoms with E-state index in [1.165, 1.54) is 0 Å². The van der Waals surface area contributed by atoms with Crippen LogP contribution in [0.25, 0.3) is 5.57 Å². The molecule has 22 heavy (non-hydrogen) atoms. The van der Waals surface area contributed by atoms with Crippen LogP contribution in [0, 0.1) is 0 Å². The Morgan fingerprint density at radius 1 is 1.00 bits per heavy atom. The van der Waals surface area contributed by atoms with Gasteiger partial charge < -0.3 is 4.98 Å². The summed E-state index contributed by atoms with van der Waals surface area (Å²) in [6, 6.07) is 14.2. The summed E-state index contributed by atoms with van der Waals surface area (Å²) in [5.41, 5.74) is 5.12. The minimum atomic E-state index is 0.779. The molecule has 0 unspecified atom stereocenters. The fourth-order valence-electron chi connectivity index (χ4n) is 2.70. The van der Waals surface area contributed by atoms with Crippen molar-refractivity contribution in [2.45, 2.75) is 0 Å². The van der Waals surface area contributed by atoms with E-state index in [4.69, 9.17) is 12.2 Å².